The lowest BCUT2D eigenvalue weighted by molar-refractivity contribution is -0.137. The first-order chi connectivity index (χ1) is 7.58. The molecule has 1 aromatic carbocycles. The van der Waals surface area contributed by atoms with Gasteiger partial charge in [0.25, 0.3) is 0 Å². The number of halogens is 1. The average molecular weight is 244 g/mol. The number of carboxylic acid groups (broad SMARTS) is 1. The van der Waals surface area contributed by atoms with E-state index in [1.54, 1.807) is 18.2 Å². The van der Waals surface area contributed by atoms with Crippen molar-refractivity contribution in [1.29, 1.82) is 0 Å². The maximum atomic E-state index is 10.7. The van der Waals surface area contributed by atoms with E-state index in [9.17, 15) is 9.90 Å². The summed E-state index contributed by atoms with van der Waals surface area (Å²) in [7, 11) is 0. The van der Waals surface area contributed by atoms with Gasteiger partial charge in [0.2, 0.25) is 0 Å². The zero-order chi connectivity index (χ0) is 12.1. The molecule has 0 bridgehead atoms. The van der Waals surface area contributed by atoms with E-state index in [0.717, 1.165) is 5.56 Å². The quantitative estimate of drug-likeness (QED) is 0.729. The smallest absolute Gasteiger partial charge is 0.304 e. The molecule has 0 amide bonds. The van der Waals surface area contributed by atoms with Gasteiger partial charge in [-0.05, 0) is 29.8 Å². The summed E-state index contributed by atoms with van der Waals surface area (Å²) in [6, 6.07) is 5.01. The van der Waals surface area contributed by atoms with Crippen LogP contribution in [0.5, 0.6) is 0 Å². The number of benzene rings is 1. The summed E-state index contributed by atoms with van der Waals surface area (Å²) >= 11 is 5.79. The summed E-state index contributed by atoms with van der Waals surface area (Å²) in [6.07, 6.45) is -0.0505. The topological polar surface area (TPSA) is 83.6 Å². The fourth-order valence-electron chi connectivity index (χ4n) is 1.64. The number of aliphatic hydroxyl groups is 1. The number of aliphatic hydroxyl groups excluding tert-OH is 1. The Morgan fingerprint density at radius 2 is 2.19 bits per heavy atom. The van der Waals surface area contributed by atoms with Crippen molar-refractivity contribution in [2.24, 2.45) is 5.73 Å². The first-order valence-corrected chi connectivity index (χ1v) is 5.27. The number of rotatable bonds is 5. The van der Waals surface area contributed by atoms with Crippen molar-refractivity contribution in [3.63, 3.8) is 0 Å². The maximum absolute atomic E-state index is 10.7. The van der Waals surface area contributed by atoms with Crippen LogP contribution in [0.4, 0.5) is 0 Å². The van der Waals surface area contributed by atoms with Crippen molar-refractivity contribution in [1.82, 2.24) is 0 Å². The van der Waals surface area contributed by atoms with Crippen LogP contribution in [-0.2, 0) is 11.4 Å². The highest BCUT2D eigenvalue weighted by molar-refractivity contribution is 6.30. The summed E-state index contributed by atoms with van der Waals surface area (Å²) in [5.74, 6) is -1.20. The van der Waals surface area contributed by atoms with Crippen molar-refractivity contribution < 1.29 is 15.0 Å². The largest absolute Gasteiger partial charge is 0.481 e. The lowest BCUT2D eigenvalue weighted by atomic mass is 9.92. The molecule has 0 saturated heterocycles. The molecule has 0 aromatic heterocycles. The molecule has 0 spiro atoms. The third kappa shape index (κ3) is 3.20. The predicted molar refractivity (Wildman–Crippen MR) is 61.4 cm³/mol. The highest BCUT2D eigenvalue weighted by Gasteiger charge is 2.17. The Morgan fingerprint density at radius 1 is 1.50 bits per heavy atom. The second-order valence-electron chi connectivity index (χ2n) is 3.53. The Kier molecular flexibility index (Phi) is 4.73. The van der Waals surface area contributed by atoms with Gasteiger partial charge in [-0.15, -0.1) is 0 Å². The molecule has 0 fully saturated rings. The van der Waals surface area contributed by atoms with Crippen molar-refractivity contribution in [3.8, 4) is 0 Å². The van der Waals surface area contributed by atoms with Crippen LogP contribution >= 0.6 is 11.6 Å². The van der Waals surface area contributed by atoms with Crippen LogP contribution in [0.25, 0.3) is 0 Å². The average Bonchev–Trinajstić information content (AvgIpc) is 2.25. The van der Waals surface area contributed by atoms with E-state index in [0.29, 0.717) is 10.6 Å². The molecule has 1 aromatic rings. The Morgan fingerprint density at radius 3 is 2.69 bits per heavy atom. The molecule has 0 aliphatic rings. The molecule has 0 unspecified atom stereocenters. The van der Waals surface area contributed by atoms with Crippen LogP contribution < -0.4 is 5.73 Å². The lowest BCUT2D eigenvalue weighted by Crippen LogP contribution is -2.17. The minimum atomic E-state index is -0.908. The van der Waals surface area contributed by atoms with Crippen molar-refractivity contribution >= 4 is 17.6 Å². The highest BCUT2D eigenvalue weighted by Crippen LogP contribution is 2.25. The summed E-state index contributed by atoms with van der Waals surface area (Å²) in [4.78, 5) is 10.7. The maximum Gasteiger partial charge on any atom is 0.304 e. The number of nitrogens with two attached hydrogens (primary N) is 1. The molecule has 0 saturated carbocycles. The number of carbonyl (C=O) groups is 1. The van der Waals surface area contributed by atoms with Crippen molar-refractivity contribution in [2.75, 3.05) is 6.54 Å². The molecule has 16 heavy (non-hydrogen) atoms. The summed E-state index contributed by atoms with van der Waals surface area (Å²) in [6.45, 7) is 0.0486. The zero-order valence-corrected chi connectivity index (χ0v) is 9.44. The molecule has 0 aliphatic heterocycles. The molecular weight excluding hydrogens is 230 g/mol. The Labute approximate surface area is 98.6 Å². The molecule has 5 heteroatoms. The van der Waals surface area contributed by atoms with Crippen molar-refractivity contribution in [3.05, 3.63) is 34.3 Å². The number of aliphatic carboxylic acids is 1. The molecule has 88 valence electrons. The zero-order valence-electron chi connectivity index (χ0n) is 8.69. The molecule has 1 rings (SSSR count). The van der Waals surface area contributed by atoms with Crippen molar-refractivity contribution in [2.45, 2.75) is 18.9 Å². The van der Waals surface area contributed by atoms with E-state index in [2.05, 4.69) is 0 Å². The number of hydrogen-bond acceptors (Lipinski definition) is 3. The van der Waals surface area contributed by atoms with Gasteiger partial charge in [-0.25, -0.2) is 0 Å². The lowest BCUT2D eigenvalue weighted by Gasteiger charge is -2.16. The standard InChI is InChI=1S/C11H14ClNO3/c12-9-1-2-10(8(3-9)6-14)7(5-13)4-11(15)16/h1-3,7,14H,4-6,13H2,(H,15,16)/t7-/m0/s1. The monoisotopic (exact) mass is 243 g/mol. The summed E-state index contributed by atoms with van der Waals surface area (Å²) in [5.41, 5.74) is 6.91. The van der Waals surface area contributed by atoms with Crippen LogP contribution in [0.1, 0.15) is 23.5 Å². The van der Waals surface area contributed by atoms with Gasteiger partial charge in [-0.3, -0.25) is 4.79 Å². The Hall–Kier alpha value is -1.10. The molecule has 4 nitrogen and oxygen atoms in total. The van der Waals surface area contributed by atoms with Crippen LogP contribution in [0.3, 0.4) is 0 Å². The molecule has 0 radical (unpaired) electrons. The normalized spacial score (nSPS) is 12.4. The summed E-state index contributed by atoms with van der Waals surface area (Å²) < 4.78 is 0. The predicted octanol–water partition coefficient (Wildman–Crippen LogP) is 1.35. The van der Waals surface area contributed by atoms with E-state index < -0.39 is 5.97 Å². The highest BCUT2D eigenvalue weighted by atomic mass is 35.5. The van der Waals surface area contributed by atoms with E-state index in [4.69, 9.17) is 22.4 Å². The van der Waals surface area contributed by atoms with Gasteiger partial charge in [0.15, 0.2) is 0 Å². The molecule has 0 heterocycles. The van der Waals surface area contributed by atoms with E-state index >= 15 is 0 Å². The third-order valence-electron chi connectivity index (χ3n) is 2.42. The van der Waals surface area contributed by atoms with Crippen LogP contribution in [0, 0.1) is 0 Å². The SMILES string of the molecule is NC[C@H](CC(=O)O)c1ccc(Cl)cc1CO. The van der Waals surface area contributed by atoms with Gasteiger partial charge in [-0.1, -0.05) is 17.7 Å². The van der Waals surface area contributed by atoms with Crippen LogP contribution in [-0.4, -0.2) is 22.7 Å². The molecule has 1 atom stereocenters. The van der Waals surface area contributed by atoms with E-state index in [1.807, 2.05) is 0 Å². The second-order valence-corrected chi connectivity index (χ2v) is 3.97. The minimum Gasteiger partial charge on any atom is -0.481 e. The van der Waals surface area contributed by atoms with Gasteiger partial charge < -0.3 is 15.9 Å². The molecule has 0 aliphatic carbocycles. The molecule has 4 N–H and O–H groups in total. The van der Waals surface area contributed by atoms with Gasteiger partial charge >= 0.3 is 5.97 Å². The van der Waals surface area contributed by atoms with Gasteiger partial charge in [-0.2, -0.15) is 0 Å². The summed E-state index contributed by atoms with van der Waals surface area (Å²) in [5, 5.41) is 18.4. The van der Waals surface area contributed by atoms with Gasteiger partial charge in [0, 0.05) is 10.9 Å². The first kappa shape index (κ1) is 13.0. The van der Waals surface area contributed by atoms with Crippen LogP contribution in [0.2, 0.25) is 5.02 Å². The Bertz CT molecular complexity index is 381. The van der Waals surface area contributed by atoms with Gasteiger partial charge in [0.1, 0.15) is 0 Å². The number of hydrogen-bond donors (Lipinski definition) is 3. The van der Waals surface area contributed by atoms with E-state index in [-0.39, 0.29) is 25.5 Å². The fraction of sp³-hybridized carbons (Fsp3) is 0.364. The second kappa shape index (κ2) is 5.84. The van der Waals surface area contributed by atoms with E-state index in [1.165, 1.54) is 0 Å². The fourth-order valence-corrected chi connectivity index (χ4v) is 1.84. The van der Waals surface area contributed by atoms with Crippen LogP contribution in [0.15, 0.2) is 18.2 Å². The third-order valence-corrected chi connectivity index (χ3v) is 2.66. The first-order valence-electron chi connectivity index (χ1n) is 4.89. The minimum absolute atomic E-state index is 0.0505. The Balaban J connectivity index is 3.03. The van der Waals surface area contributed by atoms with Gasteiger partial charge in [0.05, 0.1) is 13.0 Å². The molecular formula is C11H14ClNO3. The number of carboxylic acids is 1.